The van der Waals surface area contributed by atoms with E-state index in [9.17, 15) is 17.6 Å². The maximum Gasteiger partial charge on any atom is 0.417 e. The molecule has 0 spiro atoms. The van der Waals surface area contributed by atoms with Gasteiger partial charge in [0.15, 0.2) is 0 Å². The van der Waals surface area contributed by atoms with Crippen LogP contribution in [0.5, 0.6) is 0 Å². The lowest BCUT2D eigenvalue weighted by atomic mass is 10.2. The zero-order valence-electron chi connectivity index (χ0n) is 13.2. The Balaban J connectivity index is 1.58. The Morgan fingerprint density at radius 1 is 1.04 bits per heavy atom. The monoisotopic (exact) mass is 417 g/mol. The number of rotatable bonds is 3. The maximum atomic E-state index is 13.9. The molecule has 1 aromatic carbocycles. The van der Waals surface area contributed by atoms with Crippen molar-refractivity contribution in [3.8, 4) is 0 Å². The Morgan fingerprint density at radius 3 is 2.32 bits per heavy atom. The topological polar surface area (TPSA) is 19.4 Å². The molecule has 3 nitrogen and oxygen atoms in total. The first-order valence-corrected chi connectivity index (χ1v) is 8.57. The van der Waals surface area contributed by atoms with Gasteiger partial charge in [0.25, 0.3) is 0 Å². The van der Waals surface area contributed by atoms with E-state index in [0.29, 0.717) is 48.6 Å². The van der Waals surface area contributed by atoms with Crippen LogP contribution in [0.15, 0.2) is 41.0 Å². The van der Waals surface area contributed by atoms with Crippen LogP contribution in [0.4, 0.5) is 23.4 Å². The lowest BCUT2D eigenvalue weighted by Gasteiger charge is -2.35. The number of benzene rings is 1. The fraction of sp³-hybridized carbons (Fsp3) is 0.353. The largest absolute Gasteiger partial charge is 0.417 e. The van der Waals surface area contributed by atoms with Crippen molar-refractivity contribution in [3.63, 3.8) is 0 Å². The molecule has 1 aromatic heterocycles. The summed E-state index contributed by atoms with van der Waals surface area (Å²) in [5, 5.41) is 0. The number of pyridine rings is 1. The second-order valence-corrected chi connectivity index (χ2v) is 6.82. The van der Waals surface area contributed by atoms with Gasteiger partial charge in [-0.15, -0.1) is 0 Å². The molecule has 2 aromatic rings. The highest BCUT2D eigenvalue weighted by Crippen LogP contribution is 2.29. The second-order valence-electron chi connectivity index (χ2n) is 5.90. The molecule has 8 heteroatoms. The Bertz CT molecular complexity index is 726. The quantitative estimate of drug-likeness (QED) is 0.693. The fourth-order valence-electron chi connectivity index (χ4n) is 2.77. The molecule has 1 saturated heterocycles. The van der Waals surface area contributed by atoms with Crippen molar-refractivity contribution in [1.82, 2.24) is 9.88 Å². The van der Waals surface area contributed by atoms with Crippen molar-refractivity contribution in [2.45, 2.75) is 12.7 Å². The van der Waals surface area contributed by atoms with Crippen LogP contribution in [-0.2, 0) is 12.7 Å². The van der Waals surface area contributed by atoms with Crippen molar-refractivity contribution in [2.75, 3.05) is 31.1 Å². The lowest BCUT2D eigenvalue weighted by Crippen LogP contribution is -2.46. The van der Waals surface area contributed by atoms with Crippen LogP contribution in [0, 0.1) is 5.82 Å². The van der Waals surface area contributed by atoms with E-state index in [-0.39, 0.29) is 5.82 Å². The summed E-state index contributed by atoms with van der Waals surface area (Å²) in [4.78, 5) is 7.98. The predicted molar refractivity (Wildman–Crippen MR) is 90.8 cm³/mol. The highest BCUT2D eigenvalue weighted by atomic mass is 79.9. The molecule has 0 amide bonds. The summed E-state index contributed by atoms with van der Waals surface area (Å²) in [5.74, 6) is 0.281. The van der Waals surface area contributed by atoms with Gasteiger partial charge in [-0.2, -0.15) is 13.2 Å². The molecule has 0 radical (unpaired) electrons. The first-order valence-electron chi connectivity index (χ1n) is 7.77. The van der Waals surface area contributed by atoms with Crippen molar-refractivity contribution >= 4 is 21.7 Å². The van der Waals surface area contributed by atoms with Crippen LogP contribution in [0.1, 0.15) is 11.1 Å². The molecule has 0 aliphatic carbocycles. The van der Waals surface area contributed by atoms with Gasteiger partial charge in [0.05, 0.1) is 5.56 Å². The van der Waals surface area contributed by atoms with Crippen molar-refractivity contribution < 1.29 is 17.6 Å². The average molecular weight is 418 g/mol. The van der Waals surface area contributed by atoms with E-state index < -0.39 is 11.7 Å². The number of hydrogen-bond donors (Lipinski definition) is 0. The van der Waals surface area contributed by atoms with Crippen LogP contribution in [-0.4, -0.2) is 36.1 Å². The molecule has 0 unspecified atom stereocenters. The first kappa shape index (κ1) is 18.1. The third kappa shape index (κ3) is 4.49. The van der Waals surface area contributed by atoms with Gasteiger partial charge in [-0.3, -0.25) is 4.90 Å². The molecule has 0 saturated carbocycles. The molecule has 2 heterocycles. The summed E-state index contributed by atoms with van der Waals surface area (Å²) in [7, 11) is 0. The summed E-state index contributed by atoms with van der Waals surface area (Å²) in [6.07, 6.45) is -3.52. The Kier molecular flexibility index (Phi) is 5.29. The van der Waals surface area contributed by atoms with Gasteiger partial charge in [0, 0.05) is 49.0 Å². The summed E-state index contributed by atoms with van der Waals surface area (Å²) in [6.45, 7) is 3.16. The number of hydrogen-bond acceptors (Lipinski definition) is 3. The highest BCUT2D eigenvalue weighted by Gasteiger charge is 2.31. The third-order valence-electron chi connectivity index (χ3n) is 4.18. The normalized spacial score (nSPS) is 16.3. The van der Waals surface area contributed by atoms with Crippen LogP contribution < -0.4 is 4.90 Å². The van der Waals surface area contributed by atoms with Gasteiger partial charge in [-0.25, -0.2) is 9.37 Å². The number of nitrogens with zero attached hydrogens (tertiary/aromatic N) is 3. The number of aromatic nitrogens is 1. The van der Waals surface area contributed by atoms with Crippen molar-refractivity contribution in [2.24, 2.45) is 0 Å². The average Bonchev–Trinajstić information content (AvgIpc) is 2.57. The van der Waals surface area contributed by atoms with Gasteiger partial charge < -0.3 is 4.90 Å². The molecule has 134 valence electrons. The molecule has 0 bridgehead atoms. The molecule has 1 fully saturated rings. The second kappa shape index (κ2) is 7.29. The Hall–Kier alpha value is -1.67. The smallest absolute Gasteiger partial charge is 0.354 e. The fourth-order valence-corrected chi connectivity index (χ4v) is 3.10. The van der Waals surface area contributed by atoms with Crippen molar-refractivity contribution in [1.29, 1.82) is 0 Å². The third-order valence-corrected chi connectivity index (χ3v) is 4.67. The van der Waals surface area contributed by atoms with E-state index >= 15 is 0 Å². The Morgan fingerprint density at radius 2 is 1.76 bits per heavy atom. The molecule has 0 N–H and O–H groups in total. The zero-order chi connectivity index (χ0) is 18.0. The molecular formula is C17H16BrF4N3. The minimum absolute atomic E-state index is 0.249. The van der Waals surface area contributed by atoms with Crippen LogP contribution in [0.25, 0.3) is 0 Å². The van der Waals surface area contributed by atoms with E-state index in [0.717, 1.165) is 12.3 Å². The molecule has 1 aliphatic rings. The zero-order valence-corrected chi connectivity index (χ0v) is 14.8. The molecule has 3 rings (SSSR count). The number of anilines is 1. The van der Waals surface area contributed by atoms with Crippen molar-refractivity contribution in [3.05, 3.63) is 57.9 Å². The standard InChI is InChI=1S/C17H16BrF4N3/c18-14-3-1-12(15(19)9-14)11-24-5-7-25(8-6-24)16-4-2-13(10-23-16)17(20,21)22/h1-4,9-10H,5-8,11H2. The molecule has 25 heavy (non-hydrogen) atoms. The van der Waals surface area contributed by atoms with E-state index in [1.54, 1.807) is 12.1 Å². The van der Waals surface area contributed by atoms with Gasteiger partial charge in [0.2, 0.25) is 0 Å². The summed E-state index contributed by atoms with van der Waals surface area (Å²) in [5.41, 5.74) is -0.120. The first-order chi connectivity index (χ1) is 11.8. The van der Waals surface area contributed by atoms with E-state index in [1.807, 2.05) is 4.90 Å². The highest BCUT2D eigenvalue weighted by molar-refractivity contribution is 9.10. The molecular weight excluding hydrogens is 402 g/mol. The summed E-state index contributed by atoms with van der Waals surface area (Å²) < 4.78 is 52.4. The molecule has 0 atom stereocenters. The van der Waals surface area contributed by atoms with E-state index in [1.165, 1.54) is 12.1 Å². The van der Waals surface area contributed by atoms with E-state index in [4.69, 9.17) is 0 Å². The molecule has 1 aliphatic heterocycles. The van der Waals surface area contributed by atoms with Gasteiger partial charge in [-0.1, -0.05) is 22.0 Å². The minimum Gasteiger partial charge on any atom is -0.354 e. The summed E-state index contributed by atoms with van der Waals surface area (Å²) in [6, 6.07) is 7.44. The number of alkyl halides is 3. The summed E-state index contributed by atoms with van der Waals surface area (Å²) >= 11 is 3.23. The Labute approximate surface area is 151 Å². The SMILES string of the molecule is Fc1cc(Br)ccc1CN1CCN(c2ccc(C(F)(F)F)cn2)CC1. The van der Waals surface area contributed by atoms with Gasteiger partial charge in [0.1, 0.15) is 11.6 Å². The van der Waals surface area contributed by atoms with Crippen LogP contribution >= 0.6 is 15.9 Å². The predicted octanol–water partition coefficient (Wildman–Crippen LogP) is 4.32. The van der Waals surface area contributed by atoms with Crippen LogP contribution in [0.3, 0.4) is 0 Å². The van der Waals surface area contributed by atoms with Gasteiger partial charge in [-0.05, 0) is 24.3 Å². The maximum absolute atomic E-state index is 13.9. The van der Waals surface area contributed by atoms with E-state index in [2.05, 4.69) is 25.8 Å². The number of piperazine rings is 1. The van der Waals surface area contributed by atoms with Gasteiger partial charge >= 0.3 is 6.18 Å². The lowest BCUT2D eigenvalue weighted by molar-refractivity contribution is -0.137. The minimum atomic E-state index is -4.38. The van der Waals surface area contributed by atoms with Crippen LogP contribution in [0.2, 0.25) is 0 Å². The number of halogens is 5.